The molecule has 0 aliphatic heterocycles. The molecule has 0 rings (SSSR count). The van der Waals surface area contributed by atoms with Gasteiger partial charge in [0.05, 0.1) is 0 Å². The van der Waals surface area contributed by atoms with Crippen molar-refractivity contribution in [3.63, 3.8) is 0 Å². The SMILES string of the molecule is CO[Si](C)(OC)SS[Si](C)(OC)OC. The third-order valence-electron chi connectivity index (χ3n) is 1.83. The van der Waals surface area contributed by atoms with Crippen LogP contribution in [0.4, 0.5) is 0 Å². The largest absolute Gasteiger partial charge is 0.412 e. The lowest BCUT2D eigenvalue weighted by Crippen LogP contribution is -2.36. The first kappa shape index (κ1) is 15.0. The Hall–Kier alpha value is 0.974. The van der Waals surface area contributed by atoms with E-state index in [9.17, 15) is 0 Å². The highest BCUT2D eigenvalue weighted by molar-refractivity contribution is 8.95. The Kier molecular flexibility index (Phi) is 6.99. The van der Waals surface area contributed by atoms with E-state index in [-0.39, 0.29) is 0 Å². The Labute approximate surface area is 95.2 Å². The van der Waals surface area contributed by atoms with E-state index in [1.807, 2.05) is 13.1 Å². The molecule has 4 nitrogen and oxygen atoms in total. The highest BCUT2D eigenvalue weighted by Gasteiger charge is 2.39. The average Bonchev–Trinajstić information content (AvgIpc) is 2.25. The monoisotopic (exact) mass is 274 g/mol. The van der Waals surface area contributed by atoms with Crippen LogP contribution in [0.15, 0.2) is 0 Å². The quantitative estimate of drug-likeness (QED) is 0.523. The van der Waals surface area contributed by atoms with Crippen LogP contribution in [-0.4, -0.2) is 43.9 Å². The maximum absolute atomic E-state index is 5.34. The second-order valence-electron chi connectivity index (χ2n) is 2.71. The van der Waals surface area contributed by atoms with Crippen molar-refractivity contribution in [3.8, 4) is 0 Å². The molecule has 86 valence electrons. The maximum atomic E-state index is 5.34. The zero-order valence-corrected chi connectivity index (χ0v) is 13.1. The molecule has 0 aliphatic carbocycles. The molecule has 0 heterocycles. The zero-order chi connectivity index (χ0) is 11.2. The first-order valence-electron chi connectivity index (χ1n) is 4.02. The molecule has 0 radical (unpaired) electrons. The molecule has 0 bridgehead atoms. The van der Waals surface area contributed by atoms with Gasteiger partial charge in [-0.2, -0.15) is 0 Å². The molecule has 0 aromatic heterocycles. The predicted molar refractivity (Wildman–Crippen MR) is 66.5 cm³/mol. The summed E-state index contributed by atoms with van der Waals surface area (Å²) in [5, 5.41) is 0. The number of rotatable bonds is 7. The lowest BCUT2D eigenvalue weighted by atomic mass is 11.8. The molecule has 0 atom stereocenters. The summed E-state index contributed by atoms with van der Waals surface area (Å²) in [6, 6.07) is 0. The van der Waals surface area contributed by atoms with Gasteiger partial charge in [-0.05, 0) is 13.1 Å². The zero-order valence-electron chi connectivity index (χ0n) is 9.45. The van der Waals surface area contributed by atoms with Gasteiger partial charge < -0.3 is 17.7 Å². The molecule has 0 N–H and O–H groups in total. The molecule has 0 amide bonds. The van der Waals surface area contributed by atoms with Gasteiger partial charge in [-0.1, -0.05) is 20.5 Å². The molecule has 8 heteroatoms. The van der Waals surface area contributed by atoms with E-state index in [0.29, 0.717) is 0 Å². The summed E-state index contributed by atoms with van der Waals surface area (Å²) in [7, 11) is 5.71. The Balaban J connectivity index is 4.14. The summed E-state index contributed by atoms with van der Waals surface area (Å²) in [6.45, 7) is 3.98. The topological polar surface area (TPSA) is 36.9 Å². The minimum absolute atomic E-state index is 1.60. The summed E-state index contributed by atoms with van der Waals surface area (Å²) < 4.78 is 21.4. The van der Waals surface area contributed by atoms with Crippen LogP contribution in [0.25, 0.3) is 0 Å². The van der Waals surface area contributed by atoms with Crippen molar-refractivity contribution in [2.24, 2.45) is 0 Å². The molecule has 0 aromatic carbocycles. The molecule has 0 saturated heterocycles. The van der Waals surface area contributed by atoms with Crippen molar-refractivity contribution < 1.29 is 17.7 Å². The summed E-state index contributed by atoms with van der Waals surface area (Å²) in [5.41, 5.74) is 0. The van der Waals surface area contributed by atoms with Crippen LogP contribution >= 0.6 is 20.5 Å². The molecular weight excluding hydrogens is 256 g/mol. The maximum Gasteiger partial charge on any atom is 0.412 e. The standard InChI is InChI=1S/C6H18O4S2Si2/c1-7-13(5,8-2)11-12-14(6,9-3)10-4/h1-6H3. The first-order valence-corrected chi connectivity index (χ1v) is 12.3. The van der Waals surface area contributed by atoms with Crippen LogP contribution in [0.3, 0.4) is 0 Å². The van der Waals surface area contributed by atoms with E-state index in [4.69, 9.17) is 17.7 Å². The van der Waals surface area contributed by atoms with Crippen LogP contribution in [0, 0.1) is 0 Å². The van der Waals surface area contributed by atoms with Crippen LogP contribution in [0.2, 0.25) is 13.1 Å². The number of hydrogen-bond donors (Lipinski definition) is 0. The van der Waals surface area contributed by atoms with Crippen LogP contribution in [0.1, 0.15) is 0 Å². The summed E-state index contributed by atoms with van der Waals surface area (Å²) in [6.07, 6.45) is 0. The van der Waals surface area contributed by atoms with E-state index in [1.54, 1.807) is 48.9 Å². The normalized spacial score (nSPS) is 13.3. The van der Waals surface area contributed by atoms with Gasteiger partial charge in [-0.25, -0.2) is 0 Å². The summed E-state index contributed by atoms with van der Waals surface area (Å²) in [4.78, 5) is 0. The molecule has 0 fully saturated rings. The van der Waals surface area contributed by atoms with E-state index in [2.05, 4.69) is 0 Å². The van der Waals surface area contributed by atoms with E-state index >= 15 is 0 Å². The molecule has 14 heavy (non-hydrogen) atoms. The Morgan fingerprint density at radius 3 is 1.00 bits per heavy atom. The molecule has 0 aromatic rings. The van der Waals surface area contributed by atoms with Gasteiger partial charge in [0, 0.05) is 28.4 Å². The third kappa shape index (κ3) is 4.66. The molecule has 0 spiro atoms. The van der Waals surface area contributed by atoms with Crippen molar-refractivity contribution in [1.82, 2.24) is 0 Å². The predicted octanol–water partition coefficient (Wildman–Crippen LogP) is 2.09. The van der Waals surface area contributed by atoms with Crippen molar-refractivity contribution in [3.05, 3.63) is 0 Å². The van der Waals surface area contributed by atoms with Crippen molar-refractivity contribution >= 4 is 35.9 Å². The highest BCUT2D eigenvalue weighted by Crippen LogP contribution is 2.40. The lowest BCUT2D eigenvalue weighted by molar-refractivity contribution is 0.274. The number of hydrogen-bond acceptors (Lipinski definition) is 6. The fraction of sp³-hybridized carbons (Fsp3) is 1.00. The molecule has 0 unspecified atom stereocenters. The van der Waals surface area contributed by atoms with Gasteiger partial charge in [0.1, 0.15) is 0 Å². The fourth-order valence-electron chi connectivity index (χ4n) is 0.454. The van der Waals surface area contributed by atoms with Gasteiger partial charge in [0.25, 0.3) is 0 Å². The fourth-order valence-corrected chi connectivity index (χ4v) is 16.4. The van der Waals surface area contributed by atoms with Crippen molar-refractivity contribution in [1.29, 1.82) is 0 Å². The molecular formula is C6H18O4S2Si2. The van der Waals surface area contributed by atoms with Crippen LogP contribution in [-0.2, 0) is 17.7 Å². The molecule has 0 aliphatic rings. The average molecular weight is 275 g/mol. The lowest BCUT2D eigenvalue weighted by Gasteiger charge is -2.26. The van der Waals surface area contributed by atoms with Gasteiger partial charge in [0.2, 0.25) is 0 Å². The second-order valence-corrected chi connectivity index (χ2v) is 16.6. The van der Waals surface area contributed by atoms with E-state index in [0.717, 1.165) is 0 Å². The third-order valence-corrected chi connectivity index (χ3v) is 18.0. The van der Waals surface area contributed by atoms with Crippen LogP contribution in [0.5, 0.6) is 0 Å². The molecule has 0 saturated carbocycles. The Bertz CT molecular complexity index is 146. The summed E-state index contributed by atoms with van der Waals surface area (Å²) in [5.74, 6) is 0. The summed E-state index contributed by atoms with van der Waals surface area (Å²) >= 11 is 0. The van der Waals surface area contributed by atoms with Gasteiger partial charge in [0.15, 0.2) is 0 Å². The highest BCUT2D eigenvalue weighted by atomic mass is 33.3. The van der Waals surface area contributed by atoms with Gasteiger partial charge in [-0.15, -0.1) is 0 Å². The Morgan fingerprint density at radius 1 is 0.643 bits per heavy atom. The van der Waals surface area contributed by atoms with Crippen LogP contribution < -0.4 is 0 Å². The van der Waals surface area contributed by atoms with E-state index < -0.39 is 15.4 Å². The second kappa shape index (κ2) is 6.53. The smallest absolute Gasteiger partial charge is 0.390 e. The first-order chi connectivity index (χ1) is 6.45. The van der Waals surface area contributed by atoms with Gasteiger partial charge >= 0.3 is 15.4 Å². The minimum atomic E-state index is -2.09. The van der Waals surface area contributed by atoms with Crippen molar-refractivity contribution in [2.45, 2.75) is 13.1 Å². The van der Waals surface area contributed by atoms with Gasteiger partial charge in [-0.3, -0.25) is 0 Å². The minimum Gasteiger partial charge on any atom is -0.390 e. The van der Waals surface area contributed by atoms with Crippen molar-refractivity contribution in [2.75, 3.05) is 28.4 Å². The van der Waals surface area contributed by atoms with E-state index in [1.165, 1.54) is 0 Å². The Morgan fingerprint density at radius 2 is 0.857 bits per heavy atom.